The van der Waals surface area contributed by atoms with Gasteiger partial charge in [0.1, 0.15) is 11.4 Å². The zero-order valence-corrected chi connectivity index (χ0v) is 20.4. The molecule has 4 aromatic rings. The molecule has 0 aliphatic carbocycles. The fraction of sp³-hybridized carbons (Fsp3) is 0.192. The highest BCUT2D eigenvalue weighted by Gasteiger charge is 2.15. The van der Waals surface area contributed by atoms with E-state index in [4.69, 9.17) is 8.92 Å². The molecule has 0 aliphatic heterocycles. The number of benzene rings is 3. The lowest BCUT2D eigenvalue weighted by atomic mass is 10.0. The Kier molecular flexibility index (Phi) is 8.37. The van der Waals surface area contributed by atoms with Crippen LogP contribution in [0.4, 0.5) is 5.95 Å². The Bertz CT molecular complexity index is 1270. The van der Waals surface area contributed by atoms with Crippen molar-refractivity contribution in [2.45, 2.75) is 26.7 Å². The first-order chi connectivity index (χ1) is 17.1. The van der Waals surface area contributed by atoms with Gasteiger partial charge in [0.05, 0.1) is 6.61 Å². The third kappa shape index (κ3) is 6.62. The molecule has 0 aliphatic rings. The minimum atomic E-state index is -1.94. The van der Waals surface area contributed by atoms with Crippen LogP contribution in [0.25, 0.3) is 22.5 Å². The first-order valence-corrected chi connectivity index (χ1v) is 12.4. The molecule has 8 nitrogen and oxygen atoms in total. The number of hydrogen-bond acceptors (Lipinski definition) is 7. The van der Waals surface area contributed by atoms with E-state index < -0.39 is 11.3 Å². The van der Waals surface area contributed by atoms with Crippen LogP contribution in [0, 0.1) is 6.92 Å². The molecule has 180 valence electrons. The van der Waals surface area contributed by atoms with Crippen LogP contribution in [0.15, 0.2) is 78.9 Å². The molecular weight excluding hydrogens is 462 g/mol. The second-order valence-electron chi connectivity index (χ2n) is 7.76. The number of rotatable bonds is 11. The molecule has 1 aromatic heterocycles. The topological polar surface area (TPSA) is 98.3 Å². The summed E-state index contributed by atoms with van der Waals surface area (Å²) < 4.78 is 24.0. The molecule has 0 radical (unpaired) electrons. The van der Waals surface area contributed by atoms with E-state index in [1.165, 1.54) is 0 Å². The smallest absolute Gasteiger partial charge is 0.306 e. The van der Waals surface area contributed by atoms with Crippen molar-refractivity contribution in [2.24, 2.45) is 0 Å². The van der Waals surface area contributed by atoms with Crippen LogP contribution in [0.1, 0.15) is 25.3 Å². The van der Waals surface area contributed by atoms with E-state index in [1.54, 1.807) is 6.07 Å². The summed E-state index contributed by atoms with van der Waals surface area (Å²) in [6, 6.07) is 24.9. The number of ether oxygens (including phenoxy) is 1. The largest absolute Gasteiger partial charge is 0.490 e. The van der Waals surface area contributed by atoms with Crippen LogP contribution >= 0.6 is 0 Å². The second-order valence-corrected chi connectivity index (χ2v) is 8.60. The number of nitrogens with zero attached hydrogens (tertiary/aromatic N) is 3. The molecule has 4 rings (SSSR count). The van der Waals surface area contributed by atoms with Crippen LogP contribution in [0.5, 0.6) is 11.5 Å². The van der Waals surface area contributed by atoms with Crippen molar-refractivity contribution in [2.75, 3.05) is 12.0 Å². The molecule has 1 unspecified atom stereocenters. The molecule has 0 spiro atoms. The van der Waals surface area contributed by atoms with Crippen molar-refractivity contribution in [1.82, 2.24) is 20.0 Å². The van der Waals surface area contributed by atoms with Crippen LogP contribution in [-0.2, 0) is 11.3 Å². The minimum absolute atomic E-state index is 0.157. The normalized spacial score (nSPS) is 11.6. The van der Waals surface area contributed by atoms with Crippen molar-refractivity contribution < 1.29 is 13.1 Å². The Morgan fingerprint density at radius 2 is 1.54 bits per heavy atom. The van der Waals surface area contributed by atoms with E-state index >= 15 is 0 Å². The third-order valence-electron chi connectivity index (χ3n) is 5.05. The van der Waals surface area contributed by atoms with Gasteiger partial charge in [-0.3, -0.25) is 5.43 Å². The summed E-state index contributed by atoms with van der Waals surface area (Å²) in [7, 11) is 0. The van der Waals surface area contributed by atoms with Gasteiger partial charge in [-0.2, -0.15) is 4.21 Å². The first kappa shape index (κ1) is 24.3. The van der Waals surface area contributed by atoms with E-state index in [1.807, 2.05) is 79.7 Å². The molecule has 0 saturated carbocycles. The molecule has 9 heteroatoms. The fourth-order valence-electron chi connectivity index (χ4n) is 3.28. The maximum atomic E-state index is 12.6. The Morgan fingerprint density at radius 1 is 0.857 bits per heavy atom. The zero-order valence-electron chi connectivity index (χ0n) is 19.6. The molecule has 1 atom stereocenters. The second kappa shape index (κ2) is 12.0. The molecule has 2 N–H and O–H groups in total. The lowest BCUT2D eigenvalue weighted by Gasteiger charge is -2.13. The van der Waals surface area contributed by atoms with E-state index in [2.05, 4.69) is 32.4 Å². The van der Waals surface area contributed by atoms with Gasteiger partial charge < -0.3 is 8.92 Å². The average Bonchev–Trinajstić information content (AvgIpc) is 2.90. The highest BCUT2D eigenvalue weighted by atomic mass is 32.2. The van der Waals surface area contributed by atoms with Crippen LogP contribution in [-0.4, -0.2) is 26.0 Å². The predicted octanol–water partition coefficient (Wildman–Crippen LogP) is 5.27. The highest BCUT2D eigenvalue weighted by molar-refractivity contribution is 7.78. The number of hydrazine groups is 1. The quantitative estimate of drug-likeness (QED) is 0.219. The SMILES string of the molecule is CCCCOc1ccc(C)cc1OS(=O)NNc1nnc(-c2ccccc2)c(-c2ccccc2)n1. The summed E-state index contributed by atoms with van der Waals surface area (Å²) in [5.74, 6) is 1.08. The molecule has 3 aromatic carbocycles. The number of aryl methyl sites for hydroxylation is 1. The van der Waals surface area contributed by atoms with Crippen LogP contribution < -0.4 is 19.2 Å². The minimum Gasteiger partial charge on any atom is -0.490 e. The fourth-order valence-corrected chi connectivity index (χ4v) is 3.79. The highest BCUT2D eigenvalue weighted by Crippen LogP contribution is 2.30. The van der Waals surface area contributed by atoms with E-state index in [0.717, 1.165) is 29.5 Å². The third-order valence-corrected chi connectivity index (χ3v) is 5.65. The number of anilines is 1. The summed E-state index contributed by atoms with van der Waals surface area (Å²) in [5, 5.41) is 8.53. The van der Waals surface area contributed by atoms with Crippen molar-refractivity contribution >= 4 is 17.2 Å². The van der Waals surface area contributed by atoms with Gasteiger partial charge in [0.25, 0.3) is 5.95 Å². The average molecular weight is 490 g/mol. The monoisotopic (exact) mass is 489 g/mol. The Balaban J connectivity index is 1.50. The molecule has 35 heavy (non-hydrogen) atoms. The Hall–Kier alpha value is -3.82. The van der Waals surface area contributed by atoms with Gasteiger partial charge in [0, 0.05) is 11.1 Å². The summed E-state index contributed by atoms with van der Waals surface area (Å²) in [6.07, 6.45) is 1.94. The predicted molar refractivity (Wildman–Crippen MR) is 138 cm³/mol. The molecule has 0 bridgehead atoms. The lowest BCUT2D eigenvalue weighted by Crippen LogP contribution is -2.29. The summed E-state index contributed by atoms with van der Waals surface area (Å²) in [5.41, 5.74) is 6.78. The number of hydrogen-bond donors (Lipinski definition) is 2. The molecule has 0 saturated heterocycles. The van der Waals surface area contributed by atoms with Crippen molar-refractivity contribution in [3.8, 4) is 34.0 Å². The zero-order chi connectivity index (χ0) is 24.5. The molecular formula is C26H27N5O3S. The summed E-state index contributed by atoms with van der Waals surface area (Å²) in [4.78, 5) is 7.20. The summed E-state index contributed by atoms with van der Waals surface area (Å²) in [6.45, 7) is 4.58. The Morgan fingerprint density at radius 3 is 2.23 bits per heavy atom. The van der Waals surface area contributed by atoms with Gasteiger partial charge in [-0.15, -0.1) is 15.0 Å². The van der Waals surface area contributed by atoms with E-state index in [0.29, 0.717) is 29.5 Å². The summed E-state index contributed by atoms with van der Waals surface area (Å²) >= 11 is -1.94. The van der Waals surface area contributed by atoms with Crippen LogP contribution in [0.2, 0.25) is 0 Å². The number of unbranched alkanes of at least 4 members (excludes halogenated alkanes) is 1. The number of aromatic nitrogens is 3. The molecule has 0 amide bonds. The van der Waals surface area contributed by atoms with Gasteiger partial charge in [-0.25, -0.2) is 4.98 Å². The van der Waals surface area contributed by atoms with Crippen molar-refractivity contribution in [3.05, 3.63) is 84.4 Å². The Labute approximate surface area is 207 Å². The van der Waals surface area contributed by atoms with E-state index in [-0.39, 0.29) is 5.95 Å². The van der Waals surface area contributed by atoms with E-state index in [9.17, 15) is 4.21 Å². The van der Waals surface area contributed by atoms with Gasteiger partial charge in [-0.05, 0) is 31.0 Å². The van der Waals surface area contributed by atoms with Crippen molar-refractivity contribution in [1.29, 1.82) is 0 Å². The van der Waals surface area contributed by atoms with Gasteiger partial charge in [0.2, 0.25) is 0 Å². The van der Waals surface area contributed by atoms with Crippen LogP contribution in [0.3, 0.4) is 0 Å². The van der Waals surface area contributed by atoms with Gasteiger partial charge in [-0.1, -0.05) is 80.1 Å². The van der Waals surface area contributed by atoms with Crippen molar-refractivity contribution in [3.63, 3.8) is 0 Å². The lowest BCUT2D eigenvalue weighted by molar-refractivity contribution is 0.301. The maximum Gasteiger partial charge on any atom is 0.306 e. The maximum absolute atomic E-state index is 12.6. The first-order valence-electron chi connectivity index (χ1n) is 11.3. The standard InChI is InChI=1S/C26H27N5O3S/c1-3-4-17-33-22-16-15-19(2)18-23(22)34-35(32)31-30-26-27-24(20-11-7-5-8-12-20)25(28-29-26)21-13-9-6-10-14-21/h5-16,18,31H,3-4,17H2,1-2H3,(H,27,29,30). The van der Waals surface area contributed by atoms with Gasteiger partial charge >= 0.3 is 11.3 Å². The molecule has 0 fully saturated rings. The van der Waals surface area contributed by atoms with Gasteiger partial charge in [0.15, 0.2) is 11.5 Å². The number of nitrogens with one attached hydrogen (secondary N) is 2. The molecule has 1 heterocycles.